The van der Waals surface area contributed by atoms with Crippen LogP contribution in [0.2, 0.25) is 0 Å². The van der Waals surface area contributed by atoms with Crippen molar-refractivity contribution < 1.29 is 71.7 Å². The van der Waals surface area contributed by atoms with E-state index < -0.39 is 89.7 Å². The van der Waals surface area contributed by atoms with Gasteiger partial charge in [0.25, 0.3) is 0 Å². The van der Waals surface area contributed by atoms with Crippen molar-refractivity contribution in [3.63, 3.8) is 0 Å². The number of Topliss-reactive ketones (excluding diaryl/α,β-unsaturated/α-hetero) is 1. The molecule has 2 aliphatic heterocycles. The molecule has 2 saturated heterocycles. The molecule has 1 aliphatic carbocycles. The van der Waals surface area contributed by atoms with E-state index in [4.69, 9.17) is 19.9 Å². The quantitative estimate of drug-likeness (QED) is 0.0304. The lowest BCUT2D eigenvalue weighted by Crippen LogP contribution is -2.55. The standard InChI is InChI=1S/C66H98N10O15S/c1-12-42(6)59(49(89-10)32-54(81)75-31-19-22-47(75)60(90-11)43(7)61(84)68-35-48(77)45-20-15-13-16-21-45)73(8)56(83)37-70-63(86)58(41(4)5)74(9)65(88)91-38-44-24-26-46(27-25-44)71-53(80)36-69-62(85)57(40(2)3)72-52(79)23-17-14-18-30-76-55(82)33-50(64(76)87)92-39-66(28-29-66)34-51(67)78/h13,15-16,20-21,24-27,40-43,47,49-50,57-60H,12,14,17-19,22-23,28-39H2,1-11H3,(H2,67,78)(H,68,84)(H,69,85)(H,70,86)(H,71,80)(H,72,79)/t42-,43+,47-,49+,50?,57?,58?,59?,60+/m0/s1. The number of carbonyl (C=O) groups is 12. The number of primary amides is 1. The van der Waals surface area contributed by atoms with Crippen molar-refractivity contribution in [1.29, 1.82) is 0 Å². The zero-order valence-corrected chi connectivity index (χ0v) is 56.2. The number of ether oxygens (including phenoxy) is 3. The van der Waals surface area contributed by atoms with Crippen LogP contribution in [0.4, 0.5) is 10.5 Å². The van der Waals surface area contributed by atoms with Gasteiger partial charge in [0, 0.05) is 77.7 Å². The molecule has 92 heavy (non-hydrogen) atoms. The van der Waals surface area contributed by atoms with Gasteiger partial charge in [0.05, 0.1) is 61.5 Å². The van der Waals surface area contributed by atoms with E-state index in [-0.39, 0.29) is 110 Å². The number of likely N-dealkylation sites (tertiary alicyclic amines) is 2. The number of methoxy groups -OCH3 is 2. The molecule has 2 aromatic rings. The van der Waals surface area contributed by atoms with Crippen molar-refractivity contribution in [3.8, 4) is 0 Å². The maximum atomic E-state index is 14.2. The molecule has 5 rings (SSSR count). The summed E-state index contributed by atoms with van der Waals surface area (Å²) < 4.78 is 17.4. The van der Waals surface area contributed by atoms with E-state index in [2.05, 4.69) is 26.6 Å². The third-order valence-electron chi connectivity index (χ3n) is 17.7. The number of nitrogens with zero attached hydrogens (tertiary/aromatic N) is 4. The first kappa shape index (κ1) is 75.3. The number of unbranched alkanes of at least 4 members (excludes halogenated alkanes) is 2. The average molecular weight is 1300 g/mol. The Morgan fingerprint density at radius 1 is 0.772 bits per heavy atom. The van der Waals surface area contributed by atoms with Crippen LogP contribution in [0.25, 0.3) is 0 Å². The van der Waals surface area contributed by atoms with Gasteiger partial charge in [0.15, 0.2) is 5.78 Å². The van der Waals surface area contributed by atoms with Gasteiger partial charge in [-0.05, 0) is 79.4 Å². The fourth-order valence-corrected chi connectivity index (χ4v) is 13.4. The molecule has 25 nitrogen and oxygen atoms in total. The second-order valence-corrected chi connectivity index (χ2v) is 26.5. The number of hydrogen-bond donors (Lipinski definition) is 6. The van der Waals surface area contributed by atoms with Crippen LogP contribution < -0.4 is 32.3 Å². The van der Waals surface area contributed by atoms with Gasteiger partial charge >= 0.3 is 6.09 Å². The topological polar surface area (TPSA) is 332 Å². The molecule has 2 heterocycles. The summed E-state index contributed by atoms with van der Waals surface area (Å²) >= 11 is 1.42. The van der Waals surface area contributed by atoms with Crippen LogP contribution in [0.3, 0.4) is 0 Å². The Kier molecular flexibility index (Phi) is 29.6. The van der Waals surface area contributed by atoms with Crippen LogP contribution in [0, 0.1) is 29.1 Å². The number of thioether (sulfide) groups is 1. The first-order valence-electron chi connectivity index (χ1n) is 32.0. The number of amides is 11. The molecule has 508 valence electrons. The smallest absolute Gasteiger partial charge is 0.410 e. The lowest BCUT2D eigenvalue weighted by molar-refractivity contribution is -0.145. The number of imide groups is 1. The maximum Gasteiger partial charge on any atom is 0.410 e. The number of likely N-dealkylation sites (N-methyl/N-ethyl adjacent to an activating group) is 2. The number of anilines is 1. The highest BCUT2D eigenvalue weighted by Gasteiger charge is 2.47. The maximum absolute atomic E-state index is 14.2. The van der Waals surface area contributed by atoms with E-state index in [9.17, 15) is 57.5 Å². The van der Waals surface area contributed by atoms with Crippen molar-refractivity contribution in [2.24, 2.45) is 34.8 Å². The molecular formula is C66H98N10O15S. The zero-order valence-electron chi connectivity index (χ0n) is 55.4. The molecular weight excluding hydrogens is 1200 g/mol. The van der Waals surface area contributed by atoms with Crippen molar-refractivity contribution in [2.75, 3.05) is 72.1 Å². The lowest BCUT2D eigenvalue weighted by atomic mass is 9.90. The second-order valence-electron chi connectivity index (χ2n) is 25.3. The summed E-state index contributed by atoms with van der Waals surface area (Å²) in [6, 6.07) is 12.1. The molecule has 0 spiro atoms. The van der Waals surface area contributed by atoms with E-state index in [1.165, 1.54) is 42.8 Å². The molecule has 3 aliphatic rings. The van der Waals surface area contributed by atoms with Gasteiger partial charge in [-0.1, -0.05) is 104 Å². The molecule has 9 atom stereocenters. The van der Waals surface area contributed by atoms with Crippen LogP contribution in [0.15, 0.2) is 54.6 Å². The summed E-state index contributed by atoms with van der Waals surface area (Å²) in [6.07, 6.45) is 3.41. The first-order valence-corrected chi connectivity index (χ1v) is 33.0. The Balaban J connectivity index is 1.02. The van der Waals surface area contributed by atoms with Crippen molar-refractivity contribution in [1.82, 2.24) is 40.9 Å². The minimum atomic E-state index is -1.04. The van der Waals surface area contributed by atoms with Crippen molar-refractivity contribution in [2.45, 2.75) is 174 Å². The van der Waals surface area contributed by atoms with Gasteiger partial charge in [-0.25, -0.2) is 4.79 Å². The highest BCUT2D eigenvalue weighted by atomic mass is 32.2. The Morgan fingerprint density at radius 3 is 2.04 bits per heavy atom. The van der Waals surface area contributed by atoms with Crippen molar-refractivity contribution >= 4 is 88.4 Å². The predicted molar refractivity (Wildman–Crippen MR) is 346 cm³/mol. The third-order valence-corrected chi connectivity index (χ3v) is 19.3. The van der Waals surface area contributed by atoms with Gasteiger partial charge in [0.1, 0.15) is 18.7 Å². The largest absolute Gasteiger partial charge is 0.445 e. The van der Waals surface area contributed by atoms with E-state index in [1.807, 2.05) is 13.8 Å². The van der Waals surface area contributed by atoms with Crippen LogP contribution in [0.5, 0.6) is 0 Å². The molecule has 1 saturated carbocycles. The van der Waals surface area contributed by atoms with Crippen LogP contribution >= 0.6 is 11.8 Å². The van der Waals surface area contributed by atoms with E-state index in [1.54, 1.807) is 101 Å². The molecule has 0 radical (unpaired) electrons. The monoisotopic (exact) mass is 1300 g/mol. The SMILES string of the molecule is CC[C@H](C)C([C@@H](CC(=O)N1CCC[C@H]1[C@H](OC)[C@@H](C)C(=O)NCC(=O)c1ccccc1)OC)N(C)C(=O)CNC(=O)C(C(C)C)N(C)C(=O)OCc1ccc(NC(=O)CNC(=O)C(NC(=O)CCCCCN2C(=O)CC(SCC3(CC(N)=O)CC3)C2=O)C(C)C)cc1. The predicted octanol–water partition coefficient (Wildman–Crippen LogP) is 4.59. The average Bonchev–Trinajstić information content (AvgIpc) is 1.55. The molecule has 0 aromatic heterocycles. The summed E-state index contributed by atoms with van der Waals surface area (Å²) in [5.41, 5.74) is 6.65. The summed E-state index contributed by atoms with van der Waals surface area (Å²) in [7, 11) is 5.99. The van der Waals surface area contributed by atoms with E-state index >= 15 is 0 Å². The third kappa shape index (κ3) is 21.8. The lowest BCUT2D eigenvalue weighted by Gasteiger charge is -2.39. The highest BCUT2D eigenvalue weighted by Crippen LogP contribution is 2.52. The van der Waals surface area contributed by atoms with Gasteiger partial charge in [0.2, 0.25) is 59.1 Å². The minimum Gasteiger partial charge on any atom is -0.445 e. The second kappa shape index (κ2) is 36.1. The van der Waals surface area contributed by atoms with Crippen LogP contribution in [0.1, 0.15) is 141 Å². The summed E-state index contributed by atoms with van der Waals surface area (Å²) in [5.74, 6) is -5.12. The number of hydrogen-bond acceptors (Lipinski definition) is 16. The van der Waals surface area contributed by atoms with Gasteiger partial charge in [-0.2, -0.15) is 0 Å². The summed E-state index contributed by atoms with van der Waals surface area (Å²) in [5, 5.41) is 13.0. The molecule has 0 bridgehead atoms. The number of benzene rings is 2. The van der Waals surface area contributed by atoms with Crippen LogP contribution in [-0.2, 0) is 68.8 Å². The zero-order chi connectivity index (χ0) is 68.0. The number of nitrogens with one attached hydrogen (secondary N) is 5. The van der Waals surface area contributed by atoms with Gasteiger partial charge in [-0.15, -0.1) is 11.8 Å². The Bertz CT molecular complexity index is 2890. The molecule has 7 N–H and O–H groups in total. The normalized spacial score (nSPS) is 18.2. The summed E-state index contributed by atoms with van der Waals surface area (Å²) in [6.45, 7) is 12.1. The fourth-order valence-electron chi connectivity index (χ4n) is 12.0. The van der Waals surface area contributed by atoms with E-state index in [0.29, 0.717) is 67.6 Å². The first-order chi connectivity index (χ1) is 43.6. The number of rotatable bonds is 38. The molecule has 11 amide bonds. The van der Waals surface area contributed by atoms with E-state index in [0.717, 1.165) is 17.7 Å². The fraction of sp³-hybridized carbons (Fsp3) is 0.636. The number of ketones is 1. The Labute approximate surface area is 545 Å². The molecule has 2 aromatic carbocycles. The number of carbonyl (C=O) groups excluding carboxylic acids is 12. The van der Waals surface area contributed by atoms with Gasteiger partial charge < -0.3 is 56.3 Å². The van der Waals surface area contributed by atoms with Crippen molar-refractivity contribution in [3.05, 3.63) is 65.7 Å². The number of nitrogens with two attached hydrogens (primary N) is 1. The Hall–Kier alpha value is -7.45. The molecule has 4 unspecified atom stereocenters. The minimum absolute atomic E-state index is 0.0844. The summed E-state index contributed by atoms with van der Waals surface area (Å²) in [4.78, 5) is 163. The molecule has 3 fully saturated rings. The van der Waals surface area contributed by atoms with Crippen LogP contribution in [-0.4, -0.2) is 199 Å². The molecule has 26 heteroatoms. The van der Waals surface area contributed by atoms with Gasteiger partial charge in [-0.3, -0.25) is 62.5 Å². The highest BCUT2D eigenvalue weighted by molar-refractivity contribution is 8.00. The Morgan fingerprint density at radius 2 is 1.43 bits per heavy atom.